The summed E-state index contributed by atoms with van der Waals surface area (Å²) in [7, 11) is 0. The van der Waals surface area contributed by atoms with Gasteiger partial charge < -0.3 is 15.2 Å². The number of nitrogens with one attached hydrogen (secondary N) is 1. The Morgan fingerprint density at radius 3 is 2.59 bits per heavy atom. The van der Waals surface area contributed by atoms with Crippen LogP contribution in [0.2, 0.25) is 0 Å². The molecular formula is C23H19N3O6S2. The van der Waals surface area contributed by atoms with Crippen LogP contribution in [0.25, 0.3) is 20.7 Å². The Balaban J connectivity index is 1.63. The Morgan fingerprint density at radius 1 is 1.18 bits per heavy atom. The Bertz CT molecular complexity index is 1470. The van der Waals surface area contributed by atoms with E-state index < -0.39 is 23.4 Å². The van der Waals surface area contributed by atoms with Gasteiger partial charge in [0.05, 0.1) is 23.9 Å². The number of ether oxygens (including phenoxy) is 1. The lowest BCUT2D eigenvalue weighted by molar-refractivity contribution is -0.116. The molecule has 0 unspecified atom stereocenters. The summed E-state index contributed by atoms with van der Waals surface area (Å²) in [5.41, 5.74) is 0.907. The summed E-state index contributed by atoms with van der Waals surface area (Å²) in [6, 6.07) is 11.1. The van der Waals surface area contributed by atoms with Gasteiger partial charge in [0.25, 0.3) is 5.56 Å². The van der Waals surface area contributed by atoms with E-state index >= 15 is 0 Å². The highest BCUT2D eigenvalue weighted by molar-refractivity contribution is 7.20. The first-order valence-electron chi connectivity index (χ1n) is 10.2. The third kappa shape index (κ3) is 4.47. The molecular weight excluding hydrogens is 478 g/mol. The monoisotopic (exact) mass is 497 g/mol. The van der Waals surface area contributed by atoms with Gasteiger partial charge in [0, 0.05) is 4.88 Å². The molecule has 0 bridgehead atoms. The maximum Gasteiger partial charge on any atom is 0.346 e. The smallest absolute Gasteiger partial charge is 0.346 e. The number of amides is 1. The molecule has 4 aromatic rings. The quantitative estimate of drug-likeness (QED) is 0.369. The van der Waals surface area contributed by atoms with E-state index in [-0.39, 0.29) is 29.0 Å². The highest BCUT2D eigenvalue weighted by atomic mass is 32.1. The number of aromatic carboxylic acids is 1. The van der Waals surface area contributed by atoms with Crippen LogP contribution in [0, 0.1) is 6.92 Å². The van der Waals surface area contributed by atoms with Gasteiger partial charge in [-0.1, -0.05) is 30.3 Å². The van der Waals surface area contributed by atoms with E-state index in [1.54, 1.807) is 13.0 Å². The fraction of sp³-hybridized carbons (Fsp3) is 0.174. The lowest BCUT2D eigenvalue weighted by atomic mass is 10.1. The normalized spacial score (nSPS) is 10.9. The lowest BCUT2D eigenvalue weighted by Crippen LogP contribution is -2.28. The molecule has 3 heterocycles. The number of hydrogen-bond acceptors (Lipinski definition) is 8. The molecule has 0 saturated carbocycles. The van der Waals surface area contributed by atoms with Crippen LogP contribution in [-0.2, 0) is 16.1 Å². The molecule has 0 spiro atoms. The number of carboxylic acids is 1. The third-order valence-electron chi connectivity index (χ3n) is 4.96. The third-order valence-corrected chi connectivity index (χ3v) is 7.25. The van der Waals surface area contributed by atoms with Gasteiger partial charge >= 0.3 is 11.9 Å². The number of benzene rings is 1. The second-order valence-corrected chi connectivity index (χ2v) is 9.26. The van der Waals surface area contributed by atoms with E-state index in [1.807, 2.05) is 30.3 Å². The summed E-state index contributed by atoms with van der Waals surface area (Å²) in [5, 5.41) is 12.5. The van der Waals surface area contributed by atoms with E-state index in [0.29, 0.717) is 15.4 Å². The van der Waals surface area contributed by atoms with Gasteiger partial charge in [-0.15, -0.1) is 22.7 Å². The van der Waals surface area contributed by atoms with E-state index in [4.69, 9.17) is 4.74 Å². The van der Waals surface area contributed by atoms with Gasteiger partial charge in [0.2, 0.25) is 5.91 Å². The number of thiophene rings is 2. The predicted molar refractivity (Wildman–Crippen MR) is 130 cm³/mol. The SMILES string of the molecule is CCOC(=O)c1cc(-c2ccccc2)sc1NC(=O)Cn1cnc2sc(C(=O)O)c(C)c2c1=O. The number of carboxylic acid groups (broad SMARTS) is 1. The number of aryl methyl sites for hydroxylation is 1. The van der Waals surface area contributed by atoms with Crippen LogP contribution < -0.4 is 10.9 Å². The number of aromatic nitrogens is 2. The first-order valence-corrected chi connectivity index (χ1v) is 11.8. The van der Waals surface area contributed by atoms with Crippen molar-refractivity contribution in [3.63, 3.8) is 0 Å². The molecule has 0 saturated heterocycles. The number of esters is 1. The Hall–Kier alpha value is -3.83. The van der Waals surface area contributed by atoms with Crippen molar-refractivity contribution < 1.29 is 24.2 Å². The Labute approximate surface area is 201 Å². The van der Waals surface area contributed by atoms with Gasteiger partial charge in [-0.25, -0.2) is 14.6 Å². The molecule has 0 fully saturated rings. The Morgan fingerprint density at radius 2 is 1.91 bits per heavy atom. The minimum atomic E-state index is -1.14. The van der Waals surface area contributed by atoms with Crippen molar-refractivity contribution in [2.24, 2.45) is 0 Å². The summed E-state index contributed by atoms with van der Waals surface area (Å²) in [6.07, 6.45) is 1.21. The summed E-state index contributed by atoms with van der Waals surface area (Å²) in [5.74, 6) is -2.24. The van der Waals surface area contributed by atoms with Gasteiger partial charge in [0.1, 0.15) is 21.3 Å². The van der Waals surface area contributed by atoms with Crippen LogP contribution in [0.3, 0.4) is 0 Å². The largest absolute Gasteiger partial charge is 0.477 e. The first kappa shape index (κ1) is 23.3. The van der Waals surface area contributed by atoms with Crippen LogP contribution >= 0.6 is 22.7 Å². The van der Waals surface area contributed by atoms with Gasteiger partial charge in [-0.05, 0) is 31.0 Å². The summed E-state index contributed by atoms with van der Waals surface area (Å²) < 4.78 is 6.23. The van der Waals surface area contributed by atoms with Crippen LogP contribution in [0.4, 0.5) is 5.00 Å². The van der Waals surface area contributed by atoms with Crippen molar-refractivity contribution in [1.29, 1.82) is 0 Å². The molecule has 0 atom stereocenters. The molecule has 1 aromatic carbocycles. The zero-order valence-electron chi connectivity index (χ0n) is 18.2. The first-order chi connectivity index (χ1) is 16.3. The number of nitrogens with zero attached hydrogens (tertiary/aromatic N) is 2. The number of carbonyl (C=O) groups excluding carboxylic acids is 2. The standard InChI is InChI=1S/C23H19N3O6S2/c1-3-32-23(31)14-9-15(13-7-5-4-6-8-13)33-19(14)25-16(27)10-26-11-24-20-17(21(26)28)12(2)18(34-20)22(29)30/h4-9,11H,3,10H2,1-2H3,(H,25,27)(H,29,30). The number of fused-ring (bicyclic) bond motifs is 1. The molecule has 11 heteroatoms. The average molecular weight is 498 g/mol. The summed E-state index contributed by atoms with van der Waals surface area (Å²) in [4.78, 5) is 54.8. The molecule has 3 aromatic heterocycles. The number of hydrogen-bond donors (Lipinski definition) is 2. The van der Waals surface area contributed by atoms with Crippen molar-refractivity contribution >= 4 is 55.7 Å². The molecule has 174 valence electrons. The average Bonchev–Trinajstić information content (AvgIpc) is 3.38. The lowest BCUT2D eigenvalue weighted by Gasteiger charge is -2.08. The molecule has 1 amide bonds. The van der Waals surface area contributed by atoms with Crippen molar-refractivity contribution in [2.75, 3.05) is 11.9 Å². The Kier molecular flexibility index (Phi) is 6.57. The minimum Gasteiger partial charge on any atom is -0.477 e. The zero-order valence-corrected chi connectivity index (χ0v) is 19.8. The van der Waals surface area contributed by atoms with E-state index in [2.05, 4.69) is 10.3 Å². The molecule has 0 aliphatic rings. The van der Waals surface area contributed by atoms with E-state index in [9.17, 15) is 24.3 Å². The minimum absolute atomic E-state index is 0.0351. The molecule has 4 rings (SSSR count). The number of carbonyl (C=O) groups is 3. The fourth-order valence-electron chi connectivity index (χ4n) is 3.39. The molecule has 2 N–H and O–H groups in total. The van der Waals surface area contributed by atoms with Crippen molar-refractivity contribution in [3.8, 4) is 10.4 Å². The van der Waals surface area contributed by atoms with Crippen LogP contribution in [-0.4, -0.2) is 39.1 Å². The van der Waals surface area contributed by atoms with Crippen molar-refractivity contribution in [3.05, 3.63) is 69.1 Å². The molecule has 0 aliphatic heterocycles. The summed E-state index contributed by atoms with van der Waals surface area (Å²) in [6.45, 7) is 3.05. The van der Waals surface area contributed by atoms with Gasteiger partial charge in [-0.3, -0.25) is 14.2 Å². The van der Waals surface area contributed by atoms with Crippen molar-refractivity contribution in [1.82, 2.24) is 9.55 Å². The molecule has 0 radical (unpaired) electrons. The zero-order chi connectivity index (χ0) is 24.4. The molecule has 34 heavy (non-hydrogen) atoms. The second kappa shape index (κ2) is 9.57. The number of anilines is 1. The number of rotatable bonds is 7. The second-order valence-electron chi connectivity index (χ2n) is 7.21. The van der Waals surface area contributed by atoms with E-state index in [0.717, 1.165) is 26.3 Å². The van der Waals surface area contributed by atoms with Gasteiger partial charge in [-0.2, -0.15) is 0 Å². The topological polar surface area (TPSA) is 128 Å². The molecule has 0 aliphatic carbocycles. The van der Waals surface area contributed by atoms with Crippen LogP contribution in [0.5, 0.6) is 0 Å². The maximum atomic E-state index is 12.9. The van der Waals surface area contributed by atoms with Crippen molar-refractivity contribution in [2.45, 2.75) is 20.4 Å². The predicted octanol–water partition coefficient (Wildman–Crippen LogP) is 4.01. The fourth-order valence-corrected chi connectivity index (χ4v) is 5.43. The van der Waals surface area contributed by atoms with Crippen LogP contribution in [0.1, 0.15) is 32.5 Å². The van der Waals surface area contributed by atoms with E-state index in [1.165, 1.54) is 24.6 Å². The highest BCUT2D eigenvalue weighted by Gasteiger charge is 2.22. The maximum absolute atomic E-state index is 12.9. The summed E-state index contributed by atoms with van der Waals surface area (Å²) >= 11 is 2.13. The van der Waals surface area contributed by atoms with Crippen LogP contribution in [0.15, 0.2) is 47.5 Å². The highest BCUT2D eigenvalue weighted by Crippen LogP contribution is 2.36. The molecule has 9 nitrogen and oxygen atoms in total. The van der Waals surface area contributed by atoms with Gasteiger partial charge in [0.15, 0.2) is 0 Å².